The highest BCUT2D eigenvalue weighted by molar-refractivity contribution is 5.97. The van der Waals surface area contributed by atoms with Gasteiger partial charge in [0.25, 0.3) is 0 Å². The molecule has 0 spiro atoms. The van der Waals surface area contributed by atoms with Gasteiger partial charge in [0.05, 0.1) is 24.0 Å². The molecule has 0 unspecified atom stereocenters. The molecule has 1 aromatic heterocycles. The Morgan fingerprint density at radius 3 is 3.00 bits per heavy atom. The van der Waals surface area contributed by atoms with Crippen molar-refractivity contribution in [2.75, 3.05) is 18.1 Å². The van der Waals surface area contributed by atoms with Crippen molar-refractivity contribution >= 4 is 11.6 Å². The third-order valence-electron chi connectivity index (χ3n) is 5.64. The predicted molar refractivity (Wildman–Crippen MR) is 87.2 cm³/mol. The van der Waals surface area contributed by atoms with Crippen LogP contribution < -0.4 is 10.2 Å². The van der Waals surface area contributed by atoms with Gasteiger partial charge in [0.2, 0.25) is 5.91 Å². The maximum atomic E-state index is 12.9. The highest BCUT2D eigenvalue weighted by atomic mass is 16.5. The first-order chi connectivity index (χ1) is 11.2. The third kappa shape index (κ3) is 2.90. The van der Waals surface area contributed by atoms with Crippen LogP contribution in [0, 0.1) is 5.92 Å². The summed E-state index contributed by atoms with van der Waals surface area (Å²) in [5, 5.41) is 7.88. The molecule has 1 aromatic rings. The van der Waals surface area contributed by atoms with Crippen LogP contribution in [0.4, 0.5) is 5.69 Å². The second-order valence-corrected chi connectivity index (χ2v) is 7.12. The van der Waals surface area contributed by atoms with E-state index < -0.39 is 0 Å². The maximum Gasteiger partial charge on any atom is 0.244 e. The summed E-state index contributed by atoms with van der Waals surface area (Å²) >= 11 is 0. The van der Waals surface area contributed by atoms with Crippen molar-refractivity contribution < 1.29 is 9.53 Å². The minimum Gasteiger partial charge on any atom is -0.378 e. The van der Waals surface area contributed by atoms with Gasteiger partial charge in [-0.15, -0.1) is 0 Å². The predicted octanol–water partition coefficient (Wildman–Crippen LogP) is 1.46. The smallest absolute Gasteiger partial charge is 0.244 e. The highest BCUT2D eigenvalue weighted by Crippen LogP contribution is 2.35. The largest absolute Gasteiger partial charge is 0.378 e. The lowest BCUT2D eigenvalue weighted by molar-refractivity contribution is -0.122. The summed E-state index contributed by atoms with van der Waals surface area (Å²) in [6, 6.07) is 0.368. The van der Waals surface area contributed by atoms with Gasteiger partial charge in [0, 0.05) is 38.4 Å². The van der Waals surface area contributed by atoms with Gasteiger partial charge in [-0.05, 0) is 38.5 Å². The lowest BCUT2D eigenvalue weighted by Crippen LogP contribution is -2.56. The molecule has 1 saturated carbocycles. The van der Waals surface area contributed by atoms with Gasteiger partial charge in [0.15, 0.2) is 0 Å². The van der Waals surface area contributed by atoms with E-state index >= 15 is 0 Å². The molecule has 2 aliphatic heterocycles. The van der Waals surface area contributed by atoms with Gasteiger partial charge in [-0.1, -0.05) is 0 Å². The summed E-state index contributed by atoms with van der Waals surface area (Å²) in [6.07, 6.45) is 10.8. The zero-order chi connectivity index (χ0) is 15.8. The minimum atomic E-state index is -0.0618. The van der Waals surface area contributed by atoms with Crippen LogP contribution in [0.3, 0.4) is 0 Å². The van der Waals surface area contributed by atoms with Crippen LogP contribution in [-0.4, -0.2) is 47.0 Å². The first-order valence-corrected chi connectivity index (χ1v) is 8.90. The number of carbonyl (C=O) groups excluding carboxylic acids is 1. The molecule has 1 aliphatic carbocycles. The van der Waals surface area contributed by atoms with Crippen LogP contribution in [0.1, 0.15) is 38.5 Å². The summed E-state index contributed by atoms with van der Waals surface area (Å²) in [4.78, 5) is 14.8. The summed E-state index contributed by atoms with van der Waals surface area (Å²) in [7, 11) is 1.88. The summed E-state index contributed by atoms with van der Waals surface area (Å²) in [5.74, 6) is 0.788. The van der Waals surface area contributed by atoms with Crippen molar-refractivity contribution in [3.05, 3.63) is 12.4 Å². The van der Waals surface area contributed by atoms with Crippen molar-refractivity contribution in [2.24, 2.45) is 13.0 Å². The average molecular weight is 318 g/mol. The molecule has 6 heteroatoms. The highest BCUT2D eigenvalue weighted by Gasteiger charge is 2.40. The Balaban J connectivity index is 1.45. The van der Waals surface area contributed by atoms with Crippen molar-refractivity contribution in [1.82, 2.24) is 15.1 Å². The van der Waals surface area contributed by atoms with E-state index in [2.05, 4.69) is 10.4 Å². The number of aryl methyl sites for hydroxylation is 1. The molecule has 4 rings (SSSR count). The summed E-state index contributed by atoms with van der Waals surface area (Å²) < 4.78 is 7.60. The molecule has 126 valence electrons. The van der Waals surface area contributed by atoms with Gasteiger partial charge >= 0.3 is 0 Å². The number of nitrogens with zero attached hydrogens (tertiary/aromatic N) is 3. The Hall–Kier alpha value is -1.40. The van der Waals surface area contributed by atoms with E-state index in [1.54, 1.807) is 10.9 Å². The molecule has 6 nitrogen and oxygen atoms in total. The molecule has 0 radical (unpaired) electrons. The van der Waals surface area contributed by atoms with E-state index in [4.69, 9.17) is 4.74 Å². The number of carbonyl (C=O) groups is 1. The van der Waals surface area contributed by atoms with Crippen LogP contribution in [0.5, 0.6) is 0 Å². The number of aromatic nitrogens is 2. The molecule has 3 aliphatic rings. The monoisotopic (exact) mass is 318 g/mol. The summed E-state index contributed by atoms with van der Waals surface area (Å²) in [6.45, 7) is 1.68. The first kappa shape index (κ1) is 15.1. The number of fused-ring (bicyclic) bond motifs is 1. The number of hydrogen-bond acceptors (Lipinski definition) is 4. The van der Waals surface area contributed by atoms with Crippen molar-refractivity contribution in [3.8, 4) is 0 Å². The second kappa shape index (κ2) is 6.24. The molecule has 0 bridgehead atoms. The molecule has 1 N–H and O–H groups in total. The lowest BCUT2D eigenvalue weighted by Gasteiger charge is -2.38. The van der Waals surface area contributed by atoms with Gasteiger partial charge in [-0.25, -0.2) is 0 Å². The number of anilines is 1. The molecule has 3 fully saturated rings. The maximum absolute atomic E-state index is 12.9. The zero-order valence-corrected chi connectivity index (χ0v) is 13.8. The number of hydrogen-bond donors (Lipinski definition) is 1. The molecule has 23 heavy (non-hydrogen) atoms. The SMILES string of the molecule is Cn1cc(N2CCC[C@H](N[C@@H]3CCC[C@@H]4OCC[C@H]43)C2=O)cn1. The van der Waals surface area contributed by atoms with E-state index in [0.29, 0.717) is 18.1 Å². The number of rotatable bonds is 3. The summed E-state index contributed by atoms with van der Waals surface area (Å²) in [5.41, 5.74) is 0.912. The van der Waals surface area contributed by atoms with Crippen LogP contribution in [0.2, 0.25) is 0 Å². The average Bonchev–Trinajstić information content (AvgIpc) is 3.18. The normalized spacial score (nSPS) is 34.7. The Labute approximate surface area is 137 Å². The van der Waals surface area contributed by atoms with Crippen LogP contribution in [-0.2, 0) is 16.6 Å². The standard InChI is InChI=1S/C17H26N4O2/c1-20-11-12(10-18-20)21-8-3-5-15(17(21)22)19-14-4-2-6-16-13(14)7-9-23-16/h10-11,13-16,19H,2-9H2,1H3/t13-,14+,15-,16-/m0/s1. The third-order valence-corrected chi connectivity index (χ3v) is 5.64. The fraction of sp³-hybridized carbons (Fsp3) is 0.765. The quantitative estimate of drug-likeness (QED) is 0.917. The van der Waals surface area contributed by atoms with Gasteiger partial charge in [-0.2, -0.15) is 5.10 Å². The topological polar surface area (TPSA) is 59.4 Å². The Kier molecular flexibility index (Phi) is 4.11. The van der Waals surface area contributed by atoms with E-state index in [1.165, 1.54) is 19.3 Å². The molecule has 3 heterocycles. The molecule has 4 atom stereocenters. The number of piperidine rings is 1. The van der Waals surface area contributed by atoms with Crippen molar-refractivity contribution in [1.29, 1.82) is 0 Å². The van der Waals surface area contributed by atoms with E-state index in [1.807, 2.05) is 18.1 Å². The Morgan fingerprint density at radius 2 is 2.17 bits per heavy atom. The van der Waals surface area contributed by atoms with Gasteiger partial charge in [0.1, 0.15) is 0 Å². The van der Waals surface area contributed by atoms with E-state index in [0.717, 1.165) is 38.1 Å². The Morgan fingerprint density at radius 1 is 1.26 bits per heavy atom. The lowest BCUT2D eigenvalue weighted by atomic mass is 9.81. The van der Waals surface area contributed by atoms with E-state index in [-0.39, 0.29) is 11.9 Å². The van der Waals surface area contributed by atoms with Gasteiger partial charge in [-0.3, -0.25) is 9.48 Å². The zero-order valence-electron chi connectivity index (χ0n) is 13.8. The second-order valence-electron chi connectivity index (χ2n) is 7.12. The van der Waals surface area contributed by atoms with Gasteiger partial charge < -0.3 is 15.0 Å². The molecular weight excluding hydrogens is 292 g/mol. The Bertz CT molecular complexity index is 573. The number of ether oxygens (including phenoxy) is 1. The fourth-order valence-corrected chi connectivity index (χ4v) is 4.48. The number of nitrogens with one attached hydrogen (secondary N) is 1. The molecular formula is C17H26N4O2. The van der Waals surface area contributed by atoms with Crippen LogP contribution in [0.25, 0.3) is 0 Å². The van der Waals surface area contributed by atoms with Crippen molar-refractivity contribution in [3.63, 3.8) is 0 Å². The van der Waals surface area contributed by atoms with E-state index in [9.17, 15) is 4.79 Å². The molecule has 1 amide bonds. The minimum absolute atomic E-state index is 0.0618. The van der Waals surface area contributed by atoms with Crippen LogP contribution in [0.15, 0.2) is 12.4 Å². The number of amides is 1. The molecule has 2 saturated heterocycles. The van der Waals surface area contributed by atoms with Crippen LogP contribution >= 0.6 is 0 Å². The fourth-order valence-electron chi connectivity index (χ4n) is 4.48. The van der Waals surface area contributed by atoms with Crippen molar-refractivity contribution in [2.45, 2.75) is 56.7 Å². The first-order valence-electron chi connectivity index (χ1n) is 8.90. The molecule has 0 aromatic carbocycles.